The molecule has 1 fully saturated rings. The number of nitrogens with zero attached hydrogens (tertiary/aromatic N) is 2. The number of hydrogen-bond donors (Lipinski definition) is 2. The van der Waals surface area contributed by atoms with Crippen molar-refractivity contribution in [3.8, 4) is 0 Å². The molecule has 2 heterocycles. The monoisotopic (exact) mass is 464 g/mol. The maximum Gasteiger partial charge on any atom is 0.282 e. The molecule has 3 N–H and O–H groups in total. The molecule has 0 unspecified atom stereocenters. The Morgan fingerprint density at radius 3 is 2.56 bits per heavy atom. The molecule has 176 valence electrons. The lowest BCUT2D eigenvalue weighted by molar-refractivity contribution is -0.128. The van der Waals surface area contributed by atoms with Crippen LogP contribution in [0.3, 0.4) is 0 Å². The van der Waals surface area contributed by atoms with E-state index in [1.807, 2.05) is 24.3 Å². The van der Waals surface area contributed by atoms with Gasteiger partial charge in [-0.15, -0.1) is 0 Å². The fourth-order valence-corrected chi connectivity index (χ4v) is 5.94. The van der Waals surface area contributed by atoms with Gasteiger partial charge >= 0.3 is 0 Å². The molecule has 10 heteroatoms. The molecule has 3 rings (SSSR count). The van der Waals surface area contributed by atoms with Gasteiger partial charge in [-0.05, 0) is 43.7 Å². The number of carbonyl (C=O) groups is 3. The van der Waals surface area contributed by atoms with Crippen molar-refractivity contribution in [2.45, 2.75) is 64.6 Å². The van der Waals surface area contributed by atoms with Crippen LogP contribution < -0.4 is 11.1 Å². The number of primary amides is 1. The van der Waals surface area contributed by atoms with Gasteiger partial charge in [0.2, 0.25) is 11.8 Å². The van der Waals surface area contributed by atoms with Crippen molar-refractivity contribution in [1.29, 1.82) is 0 Å². The van der Waals surface area contributed by atoms with Crippen LogP contribution in [0.5, 0.6) is 0 Å². The average molecular weight is 465 g/mol. The second kappa shape index (κ2) is 10.1. The second-order valence-corrected chi connectivity index (χ2v) is 10.6. The van der Waals surface area contributed by atoms with Gasteiger partial charge in [-0.2, -0.15) is 17.0 Å². The minimum Gasteiger partial charge on any atom is -0.369 e. The Labute approximate surface area is 189 Å². The first-order valence-electron chi connectivity index (χ1n) is 11.0. The summed E-state index contributed by atoms with van der Waals surface area (Å²) in [6.45, 7) is 3.82. The minimum absolute atomic E-state index is 0.0820. The lowest BCUT2D eigenvalue weighted by Crippen LogP contribution is -2.51. The van der Waals surface area contributed by atoms with E-state index in [1.54, 1.807) is 13.8 Å². The summed E-state index contributed by atoms with van der Waals surface area (Å²) in [5, 5.41) is 2.71. The molecule has 32 heavy (non-hydrogen) atoms. The number of rotatable bonds is 7. The van der Waals surface area contributed by atoms with Crippen LogP contribution in [0.2, 0.25) is 0 Å². The largest absolute Gasteiger partial charge is 0.369 e. The SMILES string of the molecule is C[C@@H]1CC[C@H](NC(=O)CC[C@H](C)C(N)=O)C(=O)CN1S(=O)(=O)N1CCc2ccccc2C1. The fraction of sp³-hybridized carbons (Fsp3) is 0.591. The van der Waals surface area contributed by atoms with Gasteiger partial charge in [0.15, 0.2) is 5.78 Å². The van der Waals surface area contributed by atoms with E-state index in [0.29, 0.717) is 32.2 Å². The third-order valence-corrected chi connectivity index (χ3v) is 8.45. The number of Topliss-reactive ketones (excluding diaryl/α,β-unsaturated/α-hetero) is 1. The summed E-state index contributed by atoms with van der Waals surface area (Å²) in [5.74, 6) is -1.57. The van der Waals surface area contributed by atoms with Crippen molar-refractivity contribution in [1.82, 2.24) is 13.9 Å². The van der Waals surface area contributed by atoms with Crippen LogP contribution in [-0.2, 0) is 37.6 Å². The molecule has 2 amide bonds. The van der Waals surface area contributed by atoms with Crippen LogP contribution in [-0.4, -0.2) is 59.8 Å². The van der Waals surface area contributed by atoms with Gasteiger partial charge in [-0.25, -0.2) is 0 Å². The normalized spacial score (nSPS) is 23.8. The standard InChI is InChI=1S/C22H32N4O5S/c1-15(22(23)29)7-10-21(28)24-19-9-8-16(2)26(14-20(19)27)32(30,31)25-12-11-17-5-3-4-6-18(17)13-25/h3-6,15-16,19H,7-14H2,1-2H3,(H2,23,29)(H,24,28)/t15-,16+,19-/m0/s1. The van der Waals surface area contributed by atoms with E-state index in [9.17, 15) is 22.8 Å². The first kappa shape index (κ1) is 24.3. The van der Waals surface area contributed by atoms with Gasteiger partial charge in [-0.3, -0.25) is 14.4 Å². The number of carbonyl (C=O) groups excluding carboxylic acids is 3. The molecule has 0 aromatic heterocycles. The number of hydrogen-bond acceptors (Lipinski definition) is 5. The Hall–Kier alpha value is -2.30. The van der Waals surface area contributed by atoms with Crippen molar-refractivity contribution in [2.24, 2.45) is 11.7 Å². The summed E-state index contributed by atoms with van der Waals surface area (Å²) in [6.07, 6.45) is 1.84. The van der Waals surface area contributed by atoms with Crippen LogP contribution in [0.25, 0.3) is 0 Å². The number of amides is 2. The van der Waals surface area contributed by atoms with Crippen molar-refractivity contribution in [3.63, 3.8) is 0 Å². The number of benzene rings is 1. The summed E-state index contributed by atoms with van der Waals surface area (Å²) in [4.78, 5) is 36.3. The van der Waals surface area contributed by atoms with Gasteiger partial charge in [0.1, 0.15) is 0 Å². The molecular formula is C22H32N4O5S. The molecule has 1 aromatic carbocycles. The van der Waals surface area contributed by atoms with Gasteiger partial charge < -0.3 is 11.1 Å². The molecule has 2 aliphatic rings. The first-order chi connectivity index (χ1) is 15.1. The molecule has 0 aliphatic carbocycles. The molecule has 0 saturated carbocycles. The highest BCUT2D eigenvalue weighted by molar-refractivity contribution is 7.86. The molecular weight excluding hydrogens is 432 g/mol. The first-order valence-corrected chi connectivity index (χ1v) is 12.4. The molecule has 2 aliphatic heterocycles. The highest BCUT2D eigenvalue weighted by atomic mass is 32.2. The maximum atomic E-state index is 13.4. The van der Waals surface area contributed by atoms with Crippen molar-refractivity contribution >= 4 is 27.8 Å². The lowest BCUT2D eigenvalue weighted by atomic mass is 10.0. The van der Waals surface area contributed by atoms with Crippen LogP contribution in [0.15, 0.2) is 24.3 Å². The zero-order chi connectivity index (χ0) is 23.5. The quantitative estimate of drug-likeness (QED) is 0.614. The highest BCUT2D eigenvalue weighted by Crippen LogP contribution is 2.26. The Morgan fingerprint density at radius 1 is 1.19 bits per heavy atom. The van der Waals surface area contributed by atoms with Crippen molar-refractivity contribution in [3.05, 3.63) is 35.4 Å². The summed E-state index contributed by atoms with van der Waals surface area (Å²) in [7, 11) is -3.83. The number of nitrogens with one attached hydrogen (secondary N) is 1. The highest BCUT2D eigenvalue weighted by Gasteiger charge is 2.39. The Morgan fingerprint density at radius 2 is 1.88 bits per heavy atom. The van der Waals surface area contributed by atoms with E-state index >= 15 is 0 Å². The third kappa shape index (κ3) is 5.54. The van der Waals surface area contributed by atoms with Gasteiger partial charge in [0, 0.05) is 31.5 Å². The summed E-state index contributed by atoms with van der Waals surface area (Å²) < 4.78 is 29.5. The summed E-state index contributed by atoms with van der Waals surface area (Å²) in [5.41, 5.74) is 7.34. The zero-order valence-electron chi connectivity index (χ0n) is 18.6. The Balaban J connectivity index is 1.65. The maximum absolute atomic E-state index is 13.4. The van der Waals surface area contributed by atoms with Crippen molar-refractivity contribution in [2.75, 3.05) is 13.1 Å². The van der Waals surface area contributed by atoms with Crippen molar-refractivity contribution < 1.29 is 22.8 Å². The zero-order valence-corrected chi connectivity index (χ0v) is 19.4. The third-order valence-electron chi connectivity index (χ3n) is 6.41. The van der Waals surface area contributed by atoms with E-state index in [2.05, 4.69) is 5.32 Å². The van der Waals surface area contributed by atoms with Crippen LogP contribution >= 0.6 is 0 Å². The van der Waals surface area contributed by atoms with Crippen LogP contribution in [0.4, 0.5) is 0 Å². The Kier molecular flexibility index (Phi) is 7.68. The molecule has 9 nitrogen and oxygen atoms in total. The summed E-state index contributed by atoms with van der Waals surface area (Å²) >= 11 is 0. The molecule has 3 atom stereocenters. The predicted octanol–water partition coefficient (Wildman–Crippen LogP) is 0.729. The van der Waals surface area contributed by atoms with Crippen LogP contribution in [0, 0.1) is 5.92 Å². The van der Waals surface area contributed by atoms with Gasteiger partial charge in [0.05, 0.1) is 12.6 Å². The molecule has 1 saturated heterocycles. The topological polar surface area (TPSA) is 130 Å². The second-order valence-electron chi connectivity index (χ2n) is 8.76. The number of ketones is 1. The average Bonchev–Trinajstić information content (AvgIpc) is 2.90. The minimum atomic E-state index is -3.83. The number of fused-ring (bicyclic) bond motifs is 1. The van der Waals surface area contributed by atoms with E-state index in [1.165, 1.54) is 8.61 Å². The molecule has 0 spiro atoms. The van der Waals surface area contributed by atoms with Crippen LogP contribution in [0.1, 0.15) is 50.7 Å². The van der Waals surface area contributed by atoms with E-state index in [-0.39, 0.29) is 37.2 Å². The Bertz CT molecular complexity index is 980. The smallest absolute Gasteiger partial charge is 0.282 e. The molecule has 0 bridgehead atoms. The van der Waals surface area contributed by atoms with Gasteiger partial charge in [-0.1, -0.05) is 31.2 Å². The van der Waals surface area contributed by atoms with E-state index in [0.717, 1.165) is 11.1 Å². The lowest BCUT2D eigenvalue weighted by Gasteiger charge is -2.34. The summed E-state index contributed by atoms with van der Waals surface area (Å²) in [6, 6.07) is 6.67. The van der Waals surface area contributed by atoms with E-state index < -0.39 is 28.1 Å². The number of nitrogens with two attached hydrogens (primary N) is 1. The van der Waals surface area contributed by atoms with Gasteiger partial charge in [0.25, 0.3) is 10.2 Å². The van der Waals surface area contributed by atoms with E-state index in [4.69, 9.17) is 5.73 Å². The fourth-order valence-electron chi connectivity index (χ4n) is 4.17. The molecule has 0 radical (unpaired) electrons. The predicted molar refractivity (Wildman–Crippen MR) is 119 cm³/mol. The molecule has 1 aromatic rings.